The predicted octanol–water partition coefficient (Wildman–Crippen LogP) is 5.41. The highest BCUT2D eigenvalue weighted by Gasteiger charge is 2.25. The molecule has 2 aromatic rings. The number of carbonyl (C=O) groups is 1. The standard InChI is InChI=1S/C23H23N3OS/c1-14(2)17-7-5-16(6-8-17)11-18(12-24)22(27)26-23-20(13-25)19-9-4-15(3)10-21(19)28-23/h5-8,11,14-15H,4,9-10H2,1-3H3,(H,26,27). The quantitative estimate of drug-likeness (QED) is 0.561. The van der Waals surface area contributed by atoms with E-state index in [9.17, 15) is 15.3 Å². The molecule has 5 heteroatoms. The molecule has 0 aliphatic heterocycles. The number of nitriles is 2. The van der Waals surface area contributed by atoms with Crippen LogP contribution < -0.4 is 5.32 Å². The predicted molar refractivity (Wildman–Crippen MR) is 113 cm³/mol. The summed E-state index contributed by atoms with van der Waals surface area (Å²) in [6.45, 7) is 6.44. The number of benzene rings is 1. The Morgan fingerprint density at radius 3 is 2.61 bits per heavy atom. The molecular weight excluding hydrogens is 366 g/mol. The van der Waals surface area contributed by atoms with Crippen LogP contribution in [0, 0.1) is 28.6 Å². The van der Waals surface area contributed by atoms with Gasteiger partial charge in [0.25, 0.3) is 5.91 Å². The molecule has 1 aliphatic carbocycles. The van der Waals surface area contributed by atoms with Crippen LogP contribution in [0.15, 0.2) is 29.8 Å². The average Bonchev–Trinajstić information content (AvgIpc) is 3.02. The molecule has 0 radical (unpaired) electrons. The van der Waals surface area contributed by atoms with Crippen molar-refractivity contribution in [3.8, 4) is 12.1 Å². The number of hydrogen-bond donors (Lipinski definition) is 1. The number of anilines is 1. The minimum absolute atomic E-state index is 0.0286. The van der Waals surface area contributed by atoms with E-state index < -0.39 is 5.91 Å². The second-order valence-corrected chi connectivity index (χ2v) is 8.72. The Morgan fingerprint density at radius 1 is 1.29 bits per heavy atom. The van der Waals surface area contributed by atoms with E-state index in [1.54, 1.807) is 6.08 Å². The number of rotatable bonds is 4. The lowest BCUT2D eigenvalue weighted by molar-refractivity contribution is -0.112. The topological polar surface area (TPSA) is 76.7 Å². The molecule has 3 rings (SSSR count). The number of carbonyl (C=O) groups excluding carboxylic acids is 1. The van der Waals surface area contributed by atoms with E-state index in [0.29, 0.717) is 22.4 Å². The van der Waals surface area contributed by atoms with Crippen molar-refractivity contribution < 1.29 is 4.79 Å². The van der Waals surface area contributed by atoms with Crippen LogP contribution in [-0.4, -0.2) is 5.91 Å². The molecule has 4 nitrogen and oxygen atoms in total. The zero-order valence-electron chi connectivity index (χ0n) is 16.4. The highest BCUT2D eigenvalue weighted by Crippen LogP contribution is 2.39. The summed E-state index contributed by atoms with van der Waals surface area (Å²) in [6, 6.07) is 12.1. The van der Waals surface area contributed by atoms with Gasteiger partial charge in [0.15, 0.2) is 0 Å². The fourth-order valence-corrected chi connectivity index (χ4v) is 4.78. The summed E-state index contributed by atoms with van der Waals surface area (Å²) in [6.07, 6.45) is 4.45. The Labute approximate surface area is 170 Å². The van der Waals surface area contributed by atoms with E-state index in [-0.39, 0.29) is 5.57 Å². The summed E-state index contributed by atoms with van der Waals surface area (Å²) < 4.78 is 0. The zero-order valence-corrected chi connectivity index (χ0v) is 17.2. The number of fused-ring (bicyclic) bond motifs is 1. The zero-order chi connectivity index (χ0) is 20.3. The number of amides is 1. The summed E-state index contributed by atoms with van der Waals surface area (Å²) >= 11 is 1.47. The van der Waals surface area contributed by atoms with Crippen molar-refractivity contribution in [1.29, 1.82) is 10.5 Å². The van der Waals surface area contributed by atoms with Crippen LogP contribution in [0.4, 0.5) is 5.00 Å². The molecule has 1 heterocycles. The molecule has 0 saturated carbocycles. The molecule has 1 atom stereocenters. The fourth-order valence-electron chi connectivity index (χ4n) is 3.42. The largest absolute Gasteiger partial charge is 0.312 e. The van der Waals surface area contributed by atoms with Crippen LogP contribution in [0.3, 0.4) is 0 Å². The van der Waals surface area contributed by atoms with Crippen LogP contribution in [0.25, 0.3) is 6.08 Å². The van der Waals surface area contributed by atoms with Gasteiger partial charge in [0.2, 0.25) is 0 Å². The number of thiophene rings is 1. The van der Waals surface area contributed by atoms with Crippen molar-refractivity contribution in [3.63, 3.8) is 0 Å². The lowest BCUT2D eigenvalue weighted by Gasteiger charge is -2.17. The van der Waals surface area contributed by atoms with Crippen molar-refractivity contribution in [1.82, 2.24) is 0 Å². The van der Waals surface area contributed by atoms with Crippen LogP contribution in [0.1, 0.15) is 60.2 Å². The summed E-state index contributed by atoms with van der Waals surface area (Å²) in [4.78, 5) is 13.8. The number of nitrogens with zero attached hydrogens (tertiary/aromatic N) is 2. The Hall–Kier alpha value is -2.89. The van der Waals surface area contributed by atoms with Gasteiger partial charge in [-0.15, -0.1) is 11.3 Å². The van der Waals surface area contributed by atoms with Gasteiger partial charge in [0, 0.05) is 4.88 Å². The van der Waals surface area contributed by atoms with Gasteiger partial charge in [-0.3, -0.25) is 4.79 Å². The van der Waals surface area contributed by atoms with Crippen molar-refractivity contribution >= 4 is 28.3 Å². The van der Waals surface area contributed by atoms with Gasteiger partial charge in [-0.1, -0.05) is 45.0 Å². The van der Waals surface area contributed by atoms with Gasteiger partial charge in [-0.05, 0) is 53.9 Å². The van der Waals surface area contributed by atoms with E-state index in [1.807, 2.05) is 30.3 Å². The van der Waals surface area contributed by atoms with E-state index in [2.05, 4.69) is 32.2 Å². The molecular formula is C23H23N3OS. The second-order valence-electron chi connectivity index (χ2n) is 7.61. The third-order valence-corrected chi connectivity index (χ3v) is 6.30. The first-order valence-electron chi connectivity index (χ1n) is 9.50. The molecule has 142 valence electrons. The van der Waals surface area contributed by atoms with Gasteiger partial charge in [-0.2, -0.15) is 10.5 Å². The Morgan fingerprint density at radius 2 is 2.00 bits per heavy atom. The SMILES string of the molecule is CC1CCc2c(sc(NC(=O)C(C#N)=Cc3ccc(C(C)C)cc3)c2C#N)C1. The molecule has 1 N–H and O–H groups in total. The van der Waals surface area contributed by atoms with Gasteiger partial charge in [0.1, 0.15) is 22.7 Å². The average molecular weight is 390 g/mol. The summed E-state index contributed by atoms with van der Waals surface area (Å²) in [5, 5.41) is 22.4. The number of nitrogens with one attached hydrogen (secondary N) is 1. The Kier molecular flexibility index (Phi) is 5.97. The van der Waals surface area contributed by atoms with Crippen molar-refractivity contribution in [2.45, 2.75) is 46.0 Å². The highest BCUT2D eigenvalue weighted by molar-refractivity contribution is 7.16. The van der Waals surface area contributed by atoms with E-state index >= 15 is 0 Å². The van der Waals surface area contributed by atoms with Crippen LogP contribution in [-0.2, 0) is 17.6 Å². The molecule has 28 heavy (non-hydrogen) atoms. The van der Waals surface area contributed by atoms with Crippen LogP contribution in [0.2, 0.25) is 0 Å². The Balaban J connectivity index is 1.83. The maximum Gasteiger partial charge on any atom is 0.266 e. The molecule has 0 saturated heterocycles. The van der Waals surface area contributed by atoms with Crippen molar-refractivity contribution in [2.24, 2.45) is 5.92 Å². The van der Waals surface area contributed by atoms with E-state index in [4.69, 9.17) is 0 Å². The van der Waals surface area contributed by atoms with Crippen molar-refractivity contribution in [3.05, 3.63) is 57.0 Å². The first-order chi connectivity index (χ1) is 13.4. The molecule has 1 aromatic carbocycles. The van der Waals surface area contributed by atoms with Crippen LogP contribution in [0.5, 0.6) is 0 Å². The normalized spacial score (nSPS) is 16.2. The Bertz CT molecular complexity index is 1000. The summed E-state index contributed by atoms with van der Waals surface area (Å²) in [5.74, 6) is 0.539. The summed E-state index contributed by atoms with van der Waals surface area (Å²) in [5.41, 5.74) is 3.65. The van der Waals surface area contributed by atoms with Gasteiger partial charge in [-0.25, -0.2) is 0 Å². The molecule has 1 aliphatic rings. The van der Waals surface area contributed by atoms with Crippen LogP contribution >= 0.6 is 11.3 Å². The summed E-state index contributed by atoms with van der Waals surface area (Å²) in [7, 11) is 0. The first-order valence-corrected chi connectivity index (χ1v) is 10.3. The third kappa shape index (κ3) is 4.16. The molecule has 0 bridgehead atoms. The third-order valence-electron chi connectivity index (χ3n) is 5.13. The smallest absolute Gasteiger partial charge is 0.266 e. The fraction of sp³-hybridized carbons (Fsp3) is 0.348. The molecule has 1 amide bonds. The second kappa shape index (κ2) is 8.42. The monoisotopic (exact) mass is 389 g/mol. The van der Waals surface area contributed by atoms with Gasteiger partial charge in [0.05, 0.1) is 5.56 Å². The molecule has 0 fully saturated rings. The highest BCUT2D eigenvalue weighted by atomic mass is 32.1. The van der Waals surface area contributed by atoms with E-state index in [0.717, 1.165) is 30.4 Å². The maximum absolute atomic E-state index is 12.7. The van der Waals surface area contributed by atoms with Gasteiger partial charge < -0.3 is 5.32 Å². The lowest BCUT2D eigenvalue weighted by Crippen LogP contribution is -2.13. The maximum atomic E-state index is 12.7. The molecule has 1 unspecified atom stereocenters. The first kappa shape index (κ1) is 19.9. The van der Waals surface area contributed by atoms with Gasteiger partial charge >= 0.3 is 0 Å². The molecule has 0 spiro atoms. The minimum Gasteiger partial charge on any atom is -0.312 e. The minimum atomic E-state index is -0.474. The van der Waals surface area contributed by atoms with E-state index in [1.165, 1.54) is 21.8 Å². The van der Waals surface area contributed by atoms with Crippen molar-refractivity contribution in [2.75, 3.05) is 5.32 Å². The molecule has 1 aromatic heterocycles. The number of hydrogen-bond acceptors (Lipinski definition) is 4. The lowest BCUT2D eigenvalue weighted by atomic mass is 9.88.